The highest BCUT2D eigenvalue weighted by molar-refractivity contribution is 5.15. The van der Waals surface area contributed by atoms with E-state index in [4.69, 9.17) is 0 Å². The van der Waals surface area contributed by atoms with Crippen molar-refractivity contribution in [1.29, 1.82) is 0 Å². The van der Waals surface area contributed by atoms with Crippen LogP contribution < -0.4 is 0 Å². The van der Waals surface area contributed by atoms with Gasteiger partial charge in [0.1, 0.15) is 0 Å². The topological polar surface area (TPSA) is 17.8 Å². The summed E-state index contributed by atoms with van der Waals surface area (Å²) in [5.74, 6) is 0.676. The highest BCUT2D eigenvalue weighted by atomic mass is 15.1. The maximum absolute atomic E-state index is 4.33. The van der Waals surface area contributed by atoms with Crippen molar-refractivity contribution in [3.63, 3.8) is 0 Å². The molecule has 0 saturated carbocycles. The SMILES string of the molecule is CCCCCCCCCCCCC(C(CC)Cc1ccccc1)n1ccnc1. The monoisotopic (exact) mass is 382 g/mol. The molecule has 0 aliphatic rings. The average Bonchev–Trinajstić information content (AvgIpc) is 3.26. The van der Waals surface area contributed by atoms with Crippen molar-refractivity contribution in [1.82, 2.24) is 9.55 Å². The minimum atomic E-state index is 0.571. The molecule has 2 unspecified atom stereocenters. The number of rotatable bonds is 16. The molecule has 0 fully saturated rings. The molecule has 2 aromatic rings. The van der Waals surface area contributed by atoms with Crippen LogP contribution in [0.5, 0.6) is 0 Å². The molecule has 28 heavy (non-hydrogen) atoms. The number of nitrogens with zero attached hydrogens (tertiary/aromatic N) is 2. The summed E-state index contributed by atoms with van der Waals surface area (Å²) < 4.78 is 2.37. The Labute approximate surface area is 173 Å². The summed E-state index contributed by atoms with van der Waals surface area (Å²) >= 11 is 0. The predicted octanol–water partition coefficient (Wildman–Crippen LogP) is 8.00. The third kappa shape index (κ3) is 8.63. The molecule has 0 amide bonds. The predicted molar refractivity (Wildman–Crippen MR) is 122 cm³/mol. The minimum Gasteiger partial charge on any atom is -0.334 e. The van der Waals surface area contributed by atoms with E-state index in [0.717, 1.165) is 6.42 Å². The molecule has 1 heterocycles. The first-order valence-corrected chi connectivity index (χ1v) is 11.9. The van der Waals surface area contributed by atoms with E-state index in [-0.39, 0.29) is 0 Å². The second-order valence-corrected chi connectivity index (χ2v) is 8.41. The number of aromatic nitrogens is 2. The van der Waals surface area contributed by atoms with Gasteiger partial charge in [-0.15, -0.1) is 0 Å². The number of imidazole rings is 1. The van der Waals surface area contributed by atoms with Crippen LogP contribution in [-0.2, 0) is 6.42 Å². The van der Waals surface area contributed by atoms with Crippen molar-refractivity contribution < 1.29 is 0 Å². The van der Waals surface area contributed by atoms with E-state index >= 15 is 0 Å². The first-order chi connectivity index (χ1) is 13.8. The Bertz CT molecular complexity index is 576. The molecular weight excluding hydrogens is 340 g/mol. The van der Waals surface area contributed by atoms with Crippen LogP contribution in [0.2, 0.25) is 0 Å². The van der Waals surface area contributed by atoms with Gasteiger partial charge in [-0.3, -0.25) is 0 Å². The molecule has 2 atom stereocenters. The summed E-state index contributed by atoms with van der Waals surface area (Å²) in [4.78, 5) is 4.33. The van der Waals surface area contributed by atoms with Gasteiger partial charge >= 0.3 is 0 Å². The van der Waals surface area contributed by atoms with E-state index in [1.807, 2.05) is 12.5 Å². The summed E-state index contributed by atoms with van der Waals surface area (Å²) in [7, 11) is 0. The fourth-order valence-corrected chi connectivity index (χ4v) is 4.40. The third-order valence-corrected chi connectivity index (χ3v) is 6.17. The lowest BCUT2D eigenvalue weighted by Crippen LogP contribution is -2.20. The quantitative estimate of drug-likeness (QED) is 0.269. The van der Waals surface area contributed by atoms with Gasteiger partial charge in [0, 0.05) is 18.4 Å². The molecular formula is C26H42N2. The van der Waals surface area contributed by atoms with Crippen molar-refractivity contribution in [2.24, 2.45) is 5.92 Å². The summed E-state index contributed by atoms with van der Waals surface area (Å²) in [5.41, 5.74) is 1.46. The second kappa shape index (κ2) is 14.4. The number of benzene rings is 1. The summed E-state index contributed by atoms with van der Waals surface area (Å²) in [5, 5.41) is 0. The number of hydrogen-bond acceptors (Lipinski definition) is 1. The Morgan fingerprint density at radius 1 is 0.821 bits per heavy atom. The molecule has 0 aliphatic carbocycles. The molecule has 156 valence electrons. The largest absolute Gasteiger partial charge is 0.334 e. The molecule has 0 N–H and O–H groups in total. The Balaban J connectivity index is 1.74. The minimum absolute atomic E-state index is 0.571. The van der Waals surface area contributed by atoms with Crippen molar-refractivity contribution in [3.8, 4) is 0 Å². The Kier molecular flexibility index (Phi) is 11.7. The highest BCUT2D eigenvalue weighted by Gasteiger charge is 2.21. The molecule has 0 spiro atoms. The first kappa shape index (κ1) is 22.7. The van der Waals surface area contributed by atoms with Crippen molar-refractivity contribution in [2.45, 2.75) is 103 Å². The van der Waals surface area contributed by atoms with Crippen LogP contribution in [0.1, 0.15) is 103 Å². The van der Waals surface area contributed by atoms with Crippen LogP contribution >= 0.6 is 0 Å². The normalized spacial score (nSPS) is 13.5. The van der Waals surface area contributed by atoms with E-state index in [2.05, 4.69) is 59.9 Å². The van der Waals surface area contributed by atoms with Crippen LogP contribution in [0.15, 0.2) is 49.1 Å². The molecule has 1 aromatic carbocycles. The molecule has 0 saturated heterocycles. The smallest absolute Gasteiger partial charge is 0.0948 e. The maximum Gasteiger partial charge on any atom is 0.0948 e. The summed E-state index contributed by atoms with van der Waals surface area (Å²) in [6.07, 6.45) is 23.8. The zero-order valence-corrected chi connectivity index (χ0v) is 18.4. The number of unbranched alkanes of at least 4 members (excludes halogenated alkanes) is 9. The van der Waals surface area contributed by atoms with E-state index in [0.29, 0.717) is 12.0 Å². The van der Waals surface area contributed by atoms with Crippen molar-refractivity contribution in [3.05, 3.63) is 54.6 Å². The Morgan fingerprint density at radius 3 is 2.04 bits per heavy atom. The molecule has 0 aliphatic heterocycles. The van der Waals surface area contributed by atoms with E-state index in [1.165, 1.54) is 82.6 Å². The molecule has 0 radical (unpaired) electrons. The zero-order valence-electron chi connectivity index (χ0n) is 18.4. The van der Waals surface area contributed by atoms with Crippen LogP contribution in [0.3, 0.4) is 0 Å². The lowest BCUT2D eigenvalue weighted by Gasteiger charge is -2.28. The molecule has 0 bridgehead atoms. The van der Waals surface area contributed by atoms with Crippen LogP contribution in [-0.4, -0.2) is 9.55 Å². The third-order valence-electron chi connectivity index (χ3n) is 6.17. The van der Waals surface area contributed by atoms with Gasteiger partial charge < -0.3 is 4.57 Å². The van der Waals surface area contributed by atoms with Gasteiger partial charge in [0.2, 0.25) is 0 Å². The van der Waals surface area contributed by atoms with Gasteiger partial charge in [-0.05, 0) is 24.3 Å². The maximum atomic E-state index is 4.33. The fraction of sp³-hybridized carbons (Fsp3) is 0.654. The van der Waals surface area contributed by atoms with Crippen LogP contribution in [0, 0.1) is 5.92 Å². The van der Waals surface area contributed by atoms with Gasteiger partial charge in [0.05, 0.1) is 6.33 Å². The lowest BCUT2D eigenvalue weighted by molar-refractivity contribution is 0.290. The Morgan fingerprint density at radius 2 is 1.46 bits per heavy atom. The Hall–Kier alpha value is -1.57. The van der Waals surface area contributed by atoms with Gasteiger partial charge in [0.25, 0.3) is 0 Å². The van der Waals surface area contributed by atoms with E-state index in [9.17, 15) is 0 Å². The van der Waals surface area contributed by atoms with Crippen molar-refractivity contribution >= 4 is 0 Å². The fourth-order valence-electron chi connectivity index (χ4n) is 4.40. The summed E-state index contributed by atoms with van der Waals surface area (Å²) in [6.45, 7) is 4.64. The average molecular weight is 383 g/mol. The summed E-state index contributed by atoms with van der Waals surface area (Å²) in [6, 6.07) is 11.6. The van der Waals surface area contributed by atoms with Gasteiger partial charge in [-0.2, -0.15) is 0 Å². The zero-order chi connectivity index (χ0) is 19.9. The van der Waals surface area contributed by atoms with Gasteiger partial charge in [-0.1, -0.05) is 115 Å². The standard InChI is InChI=1S/C26H42N2/c1-3-5-6-7-8-9-10-11-12-16-19-26(28-21-20-27-23-28)25(4-2)22-24-17-14-13-15-18-24/h13-15,17-18,20-21,23,25-26H,3-12,16,19,22H2,1-2H3. The lowest BCUT2D eigenvalue weighted by atomic mass is 9.86. The van der Waals surface area contributed by atoms with Gasteiger partial charge in [0.15, 0.2) is 0 Å². The second-order valence-electron chi connectivity index (χ2n) is 8.41. The van der Waals surface area contributed by atoms with Crippen LogP contribution in [0.25, 0.3) is 0 Å². The molecule has 2 heteroatoms. The number of hydrogen-bond donors (Lipinski definition) is 0. The van der Waals surface area contributed by atoms with Gasteiger partial charge in [-0.25, -0.2) is 4.98 Å². The highest BCUT2D eigenvalue weighted by Crippen LogP contribution is 2.30. The van der Waals surface area contributed by atoms with E-state index < -0.39 is 0 Å². The van der Waals surface area contributed by atoms with Crippen molar-refractivity contribution in [2.75, 3.05) is 0 Å². The molecule has 2 rings (SSSR count). The molecule has 2 nitrogen and oxygen atoms in total. The first-order valence-electron chi connectivity index (χ1n) is 11.9. The van der Waals surface area contributed by atoms with Crippen LogP contribution in [0.4, 0.5) is 0 Å². The molecule has 1 aromatic heterocycles. The van der Waals surface area contributed by atoms with E-state index in [1.54, 1.807) is 0 Å².